The molecular weight excluding hydrogens is 398 g/mol. The molecule has 0 heterocycles. The van der Waals surface area contributed by atoms with Crippen molar-refractivity contribution in [3.63, 3.8) is 0 Å². The molecule has 0 saturated carbocycles. The lowest BCUT2D eigenvalue weighted by Gasteiger charge is -2.15. The zero-order chi connectivity index (χ0) is 16.1. The van der Waals surface area contributed by atoms with Gasteiger partial charge in [0.05, 0.1) is 23.5 Å². The predicted octanol–water partition coefficient (Wildman–Crippen LogP) is 3.28. The quantitative estimate of drug-likeness (QED) is 0.659. The number of anilines is 2. The Morgan fingerprint density at radius 1 is 1.27 bits per heavy atom. The second kappa shape index (κ2) is 7.55. The third-order valence-corrected chi connectivity index (χ3v) is 3.69. The summed E-state index contributed by atoms with van der Waals surface area (Å²) >= 11 is 2.03. The van der Waals surface area contributed by atoms with Crippen LogP contribution in [0.25, 0.3) is 0 Å². The van der Waals surface area contributed by atoms with Gasteiger partial charge in [0.1, 0.15) is 5.82 Å². The maximum Gasteiger partial charge on any atom is 0.253 e. The molecule has 0 aliphatic carbocycles. The third kappa shape index (κ3) is 4.17. The molecule has 2 aromatic carbocycles. The first-order valence-electron chi connectivity index (χ1n) is 6.74. The van der Waals surface area contributed by atoms with Gasteiger partial charge < -0.3 is 15.7 Å². The number of aliphatic hydroxyl groups is 1. The molecule has 2 rings (SSSR count). The van der Waals surface area contributed by atoms with Gasteiger partial charge >= 0.3 is 0 Å². The van der Waals surface area contributed by atoms with Crippen molar-refractivity contribution in [2.45, 2.75) is 13.0 Å². The van der Waals surface area contributed by atoms with Gasteiger partial charge in [0.25, 0.3) is 5.91 Å². The van der Waals surface area contributed by atoms with Crippen LogP contribution in [0.3, 0.4) is 0 Å². The average Bonchev–Trinajstić information content (AvgIpc) is 2.50. The fraction of sp³-hybridized carbons (Fsp3) is 0.188. The molecule has 0 bridgehead atoms. The molecule has 0 saturated heterocycles. The summed E-state index contributed by atoms with van der Waals surface area (Å²) in [7, 11) is 0. The number of carbonyl (C=O) groups excluding carboxylic acids is 1. The van der Waals surface area contributed by atoms with Gasteiger partial charge in [-0.15, -0.1) is 0 Å². The van der Waals surface area contributed by atoms with Crippen molar-refractivity contribution in [2.24, 2.45) is 0 Å². The van der Waals surface area contributed by atoms with E-state index in [1.807, 2.05) is 22.6 Å². The molecule has 6 heteroatoms. The van der Waals surface area contributed by atoms with Crippen LogP contribution in [0.4, 0.5) is 15.8 Å². The minimum absolute atomic E-state index is 0.146. The predicted molar refractivity (Wildman–Crippen MR) is 92.9 cm³/mol. The number of benzene rings is 2. The Bertz CT molecular complexity index is 679. The first kappa shape index (κ1) is 16.7. The zero-order valence-electron chi connectivity index (χ0n) is 11.9. The van der Waals surface area contributed by atoms with Gasteiger partial charge in [-0.1, -0.05) is 12.1 Å². The van der Waals surface area contributed by atoms with Gasteiger partial charge in [0, 0.05) is 9.61 Å². The van der Waals surface area contributed by atoms with E-state index in [0.717, 1.165) is 3.57 Å². The van der Waals surface area contributed by atoms with Crippen LogP contribution in [-0.2, 0) is 0 Å². The molecule has 0 aliphatic rings. The maximum absolute atomic E-state index is 13.9. The highest BCUT2D eigenvalue weighted by atomic mass is 127. The highest BCUT2D eigenvalue weighted by Crippen LogP contribution is 2.24. The van der Waals surface area contributed by atoms with E-state index in [1.165, 1.54) is 6.07 Å². The molecule has 0 aromatic heterocycles. The Balaban J connectivity index is 2.26. The molecule has 1 atom stereocenters. The van der Waals surface area contributed by atoms with Crippen molar-refractivity contribution in [2.75, 3.05) is 11.9 Å². The van der Waals surface area contributed by atoms with E-state index in [1.54, 1.807) is 43.3 Å². The Labute approximate surface area is 141 Å². The minimum Gasteiger partial charge on any atom is -0.394 e. The lowest BCUT2D eigenvalue weighted by Crippen LogP contribution is -2.35. The summed E-state index contributed by atoms with van der Waals surface area (Å²) in [6, 6.07) is 11.3. The van der Waals surface area contributed by atoms with E-state index >= 15 is 0 Å². The summed E-state index contributed by atoms with van der Waals surface area (Å²) in [5, 5.41) is 14.6. The van der Waals surface area contributed by atoms with E-state index in [0.29, 0.717) is 16.9 Å². The third-order valence-electron chi connectivity index (χ3n) is 3.02. The van der Waals surface area contributed by atoms with E-state index in [9.17, 15) is 9.18 Å². The van der Waals surface area contributed by atoms with Crippen molar-refractivity contribution < 1.29 is 14.3 Å². The summed E-state index contributed by atoms with van der Waals surface area (Å²) in [5.74, 6) is -0.707. The van der Waals surface area contributed by atoms with Crippen molar-refractivity contribution in [1.29, 1.82) is 0 Å². The highest BCUT2D eigenvalue weighted by molar-refractivity contribution is 14.1. The van der Waals surface area contributed by atoms with Gasteiger partial charge in [-0.2, -0.15) is 0 Å². The van der Waals surface area contributed by atoms with Crippen molar-refractivity contribution in [1.82, 2.24) is 5.32 Å². The number of amides is 1. The Kier molecular flexibility index (Phi) is 5.73. The number of aliphatic hydroxyl groups excluding tert-OH is 1. The van der Waals surface area contributed by atoms with Crippen LogP contribution >= 0.6 is 22.6 Å². The summed E-state index contributed by atoms with van der Waals surface area (Å²) in [6.07, 6.45) is 0. The second-order valence-electron chi connectivity index (χ2n) is 4.85. The minimum atomic E-state index is -0.383. The maximum atomic E-state index is 13.9. The standard InChI is InChI=1S/C16H16FIN2O2/c1-10(9-21)19-16(22)12-4-2-3-5-14(12)20-15-7-6-11(18)8-13(15)17/h2-8,10,20-21H,9H2,1H3,(H,19,22)/t10-/m1/s1. The number of nitrogens with one attached hydrogen (secondary N) is 2. The van der Waals surface area contributed by atoms with Crippen LogP contribution in [0.2, 0.25) is 0 Å². The molecule has 0 unspecified atom stereocenters. The van der Waals surface area contributed by atoms with E-state index in [2.05, 4.69) is 10.6 Å². The smallest absolute Gasteiger partial charge is 0.253 e. The van der Waals surface area contributed by atoms with E-state index in [-0.39, 0.29) is 24.4 Å². The van der Waals surface area contributed by atoms with Gasteiger partial charge in [0.2, 0.25) is 0 Å². The van der Waals surface area contributed by atoms with E-state index < -0.39 is 0 Å². The summed E-state index contributed by atoms with van der Waals surface area (Å²) < 4.78 is 14.7. The molecule has 0 fully saturated rings. The van der Waals surface area contributed by atoms with Gasteiger partial charge in [0.15, 0.2) is 0 Å². The molecule has 22 heavy (non-hydrogen) atoms. The molecule has 1 amide bonds. The number of carbonyl (C=O) groups is 1. The zero-order valence-corrected chi connectivity index (χ0v) is 14.1. The summed E-state index contributed by atoms with van der Waals surface area (Å²) in [5.41, 5.74) is 1.20. The molecule has 4 nitrogen and oxygen atoms in total. The lowest BCUT2D eigenvalue weighted by atomic mass is 10.1. The molecule has 0 radical (unpaired) electrons. The summed E-state index contributed by atoms with van der Waals surface area (Å²) in [6.45, 7) is 1.56. The van der Waals surface area contributed by atoms with Crippen molar-refractivity contribution in [3.8, 4) is 0 Å². The van der Waals surface area contributed by atoms with Crippen LogP contribution in [-0.4, -0.2) is 23.7 Å². The first-order chi connectivity index (χ1) is 10.5. The topological polar surface area (TPSA) is 61.4 Å². The number of hydrogen-bond donors (Lipinski definition) is 3. The molecule has 3 N–H and O–H groups in total. The molecule has 0 aliphatic heterocycles. The van der Waals surface area contributed by atoms with Crippen LogP contribution in [0.1, 0.15) is 17.3 Å². The first-order valence-corrected chi connectivity index (χ1v) is 7.82. The van der Waals surface area contributed by atoms with Crippen molar-refractivity contribution >= 4 is 39.9 Å². The highest BCUT2D eigenvalue weighted by Gasteiger charge is 2.14. The van der Waals surface area contributed by atoms with E-state index in [4.69, 9.17) is 5.11 Å². The van der Waals surface area contributed by atoms with Crippen LogP contribution in [0.15, 0.2) is 42.5 Å². The Morgan fingerprint density at radius 3 is 2.68 bits per heavy atom. The largest absolute Gasteiger partial charge is 0.394 e. The number of hydrogen-bond acceptors (Lipinski definition) is 3. The van der Waals surface area contributed by atoms with Crippen LogP contribution in [0, 0.1) is 9.39 Å². The fourth-order valence-corrected chi connectivity index (χ4v) is 2.33. The van der Waals surface area contributed by atoms with Crippen LogP contribution < -0.4 is 10.6 Å². The normalized spacial score (nSPS) is 11.8. The second-order valence-corrected chi connectivity index (χ2v) is 6.10. The molecule has 0 spiro atoms. The monoisotopic (exact) mass is 414 g/mol. The molecule has 116 valence electrons. The van der Waals surface area contributed by atoms with Crippen LogP contribution in [0.5, 0.6) is 0 Å². The molecule has 2 aromatic rings. The number of halogens is 2. The Hall–Kier alpha value is -1.67. The Morgan fingerprint density at radius 2 is 2.00 bits per heavy atom. The number of rotatable bonds is 5. The summed E-state index contributed by atoms with van der Waals surface area (Å²) in [4.78, 5) is 12.2. The van der Waals surface area contributed by atoms with Gasteiger partial charge in [-0.05, 0) is 59.8 Å². The lowest BCUT2D eigenvalue weighted by molar-refractivity contribution is 0.0923. The van der Waals surface area contributed by atoms with Crippen molar-refractivity contribution in [3.05, 3.63) is 57.4 Å². The molecular formula is C16H16FIN2O2. The van der Waals surface area contributed by atoms with Gasteiger partial charge in [-0.25, -0.2) is 4.39 Å². The number of para-hydroxylation sites is 1. The average molecular weight is 414 g/mol. The SMILES string of the molecule is C[C@H](CO)NC(=O)c1ccccc1Nc1ccc(I)cc1F. The fourth-order valence-electron chi connectivity index (χ4n) is 1.87. The van der Waals surface area contributed by atoms with Gasteiger partial charge in [-0.3, -0.25) is 4.79 Å².